The van der Waals surface area contributed by atoms with Crippen molar-refractivity contribution in [2.75, 3.05) is 0 Å². The minimum atomic E-state index is 0.580. The molecule has 1 aromatic heterocycles. The average Bonchev–Trinajstić information content (AvgIpc) is 2.41. The van der Waals surface area contributed by atoms with Crippen LogP contribution in [0.25, 0.3) is 10.9 Å². The summed E-state index contributed by atoms with van der Waals surface area (Å²) < 4.78 is 2.16. The molecule has 0 aliphatic carbocycles. The van der Waals surface area contributed by atoms with Crippen LogP contribution < -0.4 is 0 Å². The van der Waals surface area contributed by atoms with Crippen LogP contribution >= 0.6 is 11.6 Å². The van der Waals surface area contributed by atoms with Crippen molar-refractivity contribution in [3.63, 3.8) is 0 Å². The average molecular weight is 194 g/mol. The van der Waals surface area contributed by atoms with Crippen LogP contribution in [0.1, 0.15) is 11.3 Å². The van der Waals surface area contributed by atoms with Gasteiger partial charge in [-0.1, -0.05) is 18.2 Å². The molecule has 13 heavy (non-hydrogen) atoms. The van der Waals surface area contributed by atoms with E-state index in [0.717, 1.165) is 0 Å². The molecule has 0 amide bonds. The number of fused-ring (bicyclic) bond motifs is 1. The van der Waals surface area contributed by atoms with E-state index in [2.05, 4.69) is 42.8 Å². The van der Waals surface area contributed by atoms with E-state index in [1.54, 1.807) is 0 Å². The van der Waals surface area contributed by atoms with Crippen LogP contribution in [0.5, 0.6) is 0 Å². The minimum Gasteiger partial charge on any atom is -0.346 e. The lowest BCUT2D eigenvalue weighted by Crippen LogP contribution is -1.93. The number of alkyl halides is 1. The van der Waals surface area contributed by atoms with E-state index in [1.807, 2.05) is 0 Å². The lowest BCUT2D eigenvalue weighted by molar-refractivity contribution is 0.899. The number of nitrogens with zero attached hydrogens (tertiary/aromatic N) is 1. The summed E-state index contributed by atoms with van der Waals surface area (Å²) in [5.41, 5.74) is 3.77. The molecule has 2 aromatic rings. The maximum atomic E-state index is 5.89. The third-order valence-corrected chi connectivity index (χ3v) is 2.89. The highest BCUT2D eigenvalue weighted by atomic mass is 35.5. The van der Waals surface area contributed by atoms with Gasteiger partial charge in [0.05, 0.1) is 5.88 Å². The molecule has 0 aliphatic rings. The monoisotopic (exact) mass is 193 g/mol. The van der Waals surface area contributed by atoms with E-state index in [0.29, 0.717) is 5.88 Å². The fourth-order valence-electron chi connectivity index (χ4n) is 1.83. The summed E-state index contributed by atoms with van der Waals surface area (Å²) in [5, 5.41) is 1.31. The fourth-order valence-corrected chi connectivity index (χ4v) is 2.21. The molecule has 0 spiro atoms. The normalized spacial score (nSPS) is 11.0. The van der Waals surface area contributed by atoms with Crippen LogP contribution in [-0.4, -0.2) is 4.57 Å². The Morgan fingerprint density at radius 2 is 2.00 bits per heavy atom. The van der Waals surface area contributed by atoms with E-state index in [4.69, 9.17) is 11.6 Å². The van der Waals surface area contributed by atoms with Gasteiger partial charge < -0.3 is 4.57 Å². The van der Waals surface area contributed by atoms with Gasteiger partial charge in [0.1, 0.15) is 0 Å². The molecule has 2 rings (SSSR count). The molecule has 2 heteroatoms. The Hall–Kier alpha value is -0.950. The Labute approximate surface area is 82.9 Å². The molecular formula is C11H12ClN. The van der Waals surface area contributed by atoms with Gasteiger partial charge in [-0.05, 0) is 18.6 Å². The summed E-state index contributed by atoms with van der Waals surface area (Å²) in [6.07, 6.45) is 0. The first-order chi connectivity index (χ1) is 6.25. The highest BCUT2D eigenvalue weighted by Gasteiger charge is 2.08. The first kappa shape index (κ1) is 8.64. The van der Waals surface area contributed by atoms with Crippen molar-refractivity contribution in [3.05, 3.63) is 35.5 Å². The zero-order valence-corrected chi connectivity index (χ0v) is 8.60. The van der Waals surface area contributed by atoms with Gasteiger partial charge in [0.15, 0.2) is 0 Å². The van der Waals surface area contributed by atoms with Crippen molar-refractivity contribution in [1.82, 2.24) is 4.57 Å². The maximum absolute atomic E-state index is 5.89. The minimum absolute atomic E-state index is 0.580. The van der Waals surface area contributed by atoms with E-state index >= 15 is 0 Å². The summed E-state index contributed by atoms with van der Waals surface area (Å²) in [7, 11) is 2.06. The van der Waals surface area contributed by atoms with Crippen molar-refractivity contribution >= 4 is 22.5 Å². The molecule has 0 radical (unpaired) electrons. The number of hydrogen-bond acceptors (Lipinski definition) is 0. The molecule has 0 atom stereocenters. The van der Waals surface area contributed by atoms with Crippen molar-refractivity contribution < 1.29 is 0 Å². The molecule has 0 saturated heterocycles. The van der Waals surface area contributed by atoms with Gasteiger partial charge in [-0.15, -0.1) is 11.6 Å². The first-order valence-corrected chi connectivity index (χ1v) is 4.88. The van der Waals surface area contributed by atoms with Crippen molar-refractivity contribution in [1.29, 1.82) is 0 Å². The summed E-state index contributed by atoms with van der Waals surface area (Å²) in [4.78, 5) is 0. The van der Waals surface area contributed by atoms with Crippen LogP contribution in [0, 0.1) is 6.92 Å². The lowest BCUT2D eigenvalue weighted by atomic mass is 10.2. The highest BCUT2D eigenvalue weighted by Crippen LogP contribution is 2.25. The van der Waals surface area contributed by atoms with Crippen LogP contribution in [-0.2, 0) is 12.9 Å². The standard InChI is InChI=1S/C11H12ClN/c1-8-9-5-3-4-6-10(9)13(2)11(8)7-12/h3-6H,7H2,1-2H3. The number of rotatable bonds is 1. The van der Waals surface area contributed by atoms with Gasteiger partial charge in [0.25, 0.3) is 0 Å². The van der Waals surface area contributed by atoms with Crippen molar-refractivity contribution in [3.8, 4) is 0 Å². The smallest absolute Gasteiger partial charge is 0.0630 e. The highest BCUT2D eigenvalue weighted by molar-refractivity contribution is 6.17. The second kappa shape index (κ2) is 3.08. The zero-order valence-electron chi connectivity index (χ0n) is 7.84. The Morgan fingerprint density at radius 3 is 2.62 bits per heavy atom. The molecule has 1 aromatic carbocycles. The Bertz CT molecular complexity index is 404. The van der Waals surface area contributed by atoms with E-state index in [-0.39, 0.29) is 0 Å². The van der Waals surface area contributed by atoms with E-state index in [1.165, 1.54) is 22.2 Å². The summed E-state index contributed by atoms with van der Waals surface area (Å²) in [6, 6.07) is 8.38. The predicted molar refractivity (Wildman–Crippen MR) is 57.2 cm³/mol. The molecule has 0 unspecified atom stereocenters. The molecule has 0 saturated carbocycles. The fraction of sp³-hybridized carbons (Fsp3) is 0.273. The van der Waals surface area contributed by atoms with E-state index < -0.39 is 0 Å². The molecule has 0 bridgehead atoms. The van der Waals surface area contributed by atoms with Crippen LogP contribution in [0.3, 0.4) is 0 Å². The molecule has 0 aliphatic heterocycles. The van der Waals surface area contributed by atoms with Crippen LogP contribution in [0.2, 0.25) is 0 Å². The van der Waals surface area contributed by atoms with E-state index in [9.17, 15) is 0 Å². The number of hydrogen-bond donors (Lipinski definition) is 0. The summed E-state index contributed by atoms with van der Waals surface area (Å²) >= 11 is 5.89. The lowest BCUT2D eigenvalue weighted by Gasteiger charge is -1.99. The number of para-hydroxylation sites is 1. The number of benzene rings is 1. The second-order valence-electron chi connectivity index (χ2n) is 3.28. The molecule has 1 nitrogen and oxygen atoms in total. The van der Waals surface area contributed by atoms with Crippen molar-refractivity contribution in [2.45, 2.75) is 12.8 Å². The van der Waals surface area contributed by atoms with Gasteiger partial charge in [0.2, 0.25) is 0 Å². The molecule has 68 valence electrons. The van der Waals surface area contributed by atoms with Gasteiger partial charge in [0, 0.05) is 23.6 Å². The second-order valence-corrected chi connectivity index (χ2v) is 3.55. The van der Waals surface area contributed by atoms with Gasteiger partial charge in [-0.2, -0.15) is 0 Å². The zero-order chi connectivity index (χ0) is 9.42. The summed E-state index contributed by atoms with van der Waals surface area (Å²) in [5.74, 6) is 0.580. The van der Waals surface area contributed by atoms with Crippen molar-refractivity contribution in [2.24, 2.45) is 7.05 Å². The van der Waals surface area contributed by atoms with Gasteiger partial charge in [-0.25, -0.2) is 0 Å². The molecule has 0 fully saturated rings. The third kappa shape index (κ3) is 1.15. The largest absolute Gasteiger partial charge is 0.346 e. The molecular weight excluding hydrogens is 182 g/mol. The first-order valence-electron chi connectivity index (χ1n) is 4.34. The van der Waals surface area contributed by atoms with Gasteiger partial charge >= 0.3 is 0 Å². The Kier molecular flexibility index (Phi) is 2.04. The van der Waals surface area contributed by atoms with Crippen LogP contribution in [0.4, 0.5) is 0 Å². The number of halogens is 1. The predicted octanol–water partition coefficient (Wildman–Crippen LogP) is 3.23. The Balaban J connectivity index is 2.88. The van der Waals surface area contributed by atoms with Gasteiger partial charge in [-0.3, -0.25) is 0 Å². The quantitative estimate of drug-likeness (QED) is 0.613. The molecule has 1 heterocycles. The SMILES string of the molecule is Cc1c(CCl)n(C)c2ccccc12. The summed E-state index contributed by atoms with van der Waals surface area (Å²) in [6.45, 7) is 2.13. The Morgan fingerprint density at radius 1 is 1.31 bits per heavy atom. The maximum Gasteiger partial charge on any atom is 0.0630 e. The molecule has 0 N–H and O–H groups in total. The third-order valence-electron chi connectivity index (χ3n) is 2.63. The number of aromatic nitrogens is 1. The topological polar surface area (TPSA) is 4.93 Å². The number of aryl methyl sites for hydroxylation is 2. The van der Waals surface area contributed by atoms with Crippen LogP contribution in [0.15, 0.2) is 24.3 Å².